The Balaban J connectivity index is 2.06. The zero-order chi connectivity index (χ0) is 17.6. The number of sulfonamides is 1. The lowest BCUT2D eigenvalue weighted by molar-refractivity contribution is 0.0761. The topological polar surface area (TPSA) is 116 Å². The van der Waals surface area contributed by atoms with E-state index in [-0.39, 0.29) is 30.4 Å². The summed E-state index contributed by atoms with van der Waals surface area (Å²) < 4.78 is 31.9. The highest BCUT2D eigenvalue weighted by Crippen LogP contribution is 2.15. The fourth-order valence-electron chi connectivity index (χ4n) is 1.84. The minimum atomic E-state index is -3.88. The standard InChI is InChI=1S/C15H16N4O4S/c1-19(9-3-7-16)15(20)13-5-6-14(23-13)24(21,22)18-11-12-4-2-8-17-10-12/h2,4-6,8,10,18H,3,9,11H2,1H3. The van der Waals surface area contributed by atoms with Crippen molar-refractivity contribution < 1.29 is 17.6 Å². The van der Waals surface area contributed by atoms with Crippen molar-refractivity contribution in [3.05, 3.63) is 48.0 Å². The summed E-state index contributed by atoms with van der Waals surface area (Å²) in [5, 5.41) is 8.18. The summed E-state index contributed by atoms with van der Waals surface area (Å²) in [5.41, 5.74) is 0.695. The summed E-state index contributed by atoms with van der Waals surface area (Å²) in [4.78, 5) is 17.3. The largest absolute Gasteiger partial charge is 0.438 e. The molecule has 9 heteroatoms. The number of hydrogen-bond acceptors (Lipinski definition) is 6. The van der Waals surface area contributed by atoms with E-state index < -0.39 is 15.9 Å². The number of nitrogens with one attached hydrogen (secondary N) is 1. The second kappa shape index (κ2) is 7.72. The average molecular weight is 348 g/mol. The van der Waals surface area contributed by atoms with Crippen LogP contribution in [0.2, 0.25) is 0 Å². The second-order valence-corrected chi connectivity index (χ2v) is 6.64. The molecular weight excluding hydrogens is 332 g/mol. The summed E-state index contributed by atoms with van der Waals surface area (Å²) in [6.07, 6.45) is 3.32. The number of nitrogens with zero attached hydrogens (tertiary/aromatic N) is 3. The number of amides is 1. The van der Waals surface area contributed by atoms with Crippen LogP contribution in [0.5, 0.6) is 0 Å². The van der Waals surface area contributed by atoms with Crippen LogP contribution in [-0.2, 0) is 16.6 Å². The minimum absolute atomic E-state index is 0.0578. The second-order valence-electron chi connectivity index (χ2n) is 4.94. The normalized spacial score (nSPS) is 11.0. The third kappa shape index (κ3) is 4.41. The Morgan fingerprint density at radius 2 is 2.21 bits per heavy atom. The predicted molar refractivity (Wildman–Crippen MR) is 84.2 cm³/mol. The molecule has 126 valence electrons. The third-order valence-corrected chi connectivity index (χ3v) is 4.43. The highest BCUT2D eigenvalue weighted by atomic mass is 32.2. The molecule has 0 aliphatic carbocycles. The van der Waals surface area contributed by atoms with Crippen LogP contribution in [0.15, 0.2) is 46.2 Å². The summed E-state index contributed by atoms with van der Waals surface area (Å²) in [6.45, 7) is 0.291. The Kier molecular flexibility index (Phi) is 5.68. The molecule has 0 fully saturated rings. The first-order valence-electron chi connectivity index (χ1n) is 7.05. The molecule has 0 bridgehead atoms. The maximum Gasteiger partial charge on any atom is 0.289 e. The smallest absolute Gasteiger partial charge is 0.289 e. The SMILES string of the molecule is CN(CCC#N)C(=O)c1ccc(S(=O)(=O)NCc2cccnc2)o1. The zero-order valence-corrected chi connectivity index (χ0v) is 13.8. The van der Waals surface area contributed by atoms with Gasteiger partial charge in [-0.1, -0.05) is 6.07 Å². The first-order chi connectivity index (χ1) is 11.4. The molecule has 8 nitrogen and oxygen atoms in total. The molecule has 0 aliphatic heterocycles. The molecule has 0 saturated carbocycles. The van der Waals surface area contributed by atoms with Gasteiger partial charge in [0.25, 0.3) is 15.9 Å². The summed E-state index contributed by atoms with van der Waals surface area (Å²) in [5.74, 6) is -0.587. The van der Waals surface area contributed by atoms with Crippen LogP contribution in [0.3, 0.4) is 0 Å². The van der Waals surface area contributed by atoms with Crippen LogP contribution in [0, 0.1) is 11.3 Å². The Morgan fingerprint density at radius 3 is 2.88 bits per heavy atom. The molecule has 2 aromatic heterocycles. The number of aromatic nitrogens is 1. The van der Waals surface area contributed by atoms with Crippen molar-refractivity contribution >= 4 is 15.9 Å². The molecule has 2 rings (SSSR count). The van der Waals surface area contributed by atoms with E-state index in [0.717, 1.165) is 0 Å². The van der Waals surface area contributed by atoms with Crippen LogP contribution >= 0.6 is 0 Å². The van der Waals surface area contributed by atoms with Gasteiger partial charge in [0, 0.05) is 32.5 Å². The van der Waals surface area contributed by atoms with Gasteiger partial charge in [0.2, 0.25) is 5.09 Å². The lowest BCUT2D eigenvalue weighted by atomic mass is 10.3. The molecular formula is C15H16N4O4S. The molecule has 2 heterocycles. The van der Waals surface area contributed by atoms with Gasteiger partial charge in [0.05, 0.1) is 12.5 Å². The molecule has 0 aromatic carbocycles. The van der Waals surface area contributed by atoms with Gasteiger partial charge in [-0.2, -0.15) is 5.26 Å². The van der Waals surface area contributed by atoms with Crippen molar-refractivity contribution in [3.63, 3.8) is 0 Å². The highest BCUT2D eigenvalue weighted by molar-refractivity contribution is 7.89. The fraction of sp³-hybridized carbons (Fsp3) is 0.267. The maximum atomic E-state index is 12.2. The number of nitriles is 1. The lowest BCUT2D eigenvalue weighted by Gasteiger charge is -2.13. The van der Waals surface area contributed by atoms with Crippen molar-refractivity contribution in [2.75, 3.05) is 13.6 Å². The minimum Gasteiger partial charge on any atom is -0.438 e. The van der Waals surface area contributed by atoms with E-state index in [1.807, 2.05) is 6.07 Å². The van der Waals surface area contributed by atoms with E-state index in [1.165, 1.54) is 24.1 Å². The first kappa shape index (κ1) is 17.7. The number of rotatable bonds is 7. The van der Waals surface area contributed by atoms with Gasteiger partial charge in [0.15, 0.2) is 5.76 Å². The van der Waals surface area contributed by atoms with Crippen molar-refractivity contribution in [2.24, 2.45) is 0 Å². The van der Waals surface area contributed by atoms with E-state index in [9.17, 15) is 13.2 Å². The molecule has 1 amide bonds. The number of pyridine rings is 1. The van der Waals surface area contributed by atoms with Crippen LogP contribution in [-0.4, -0.2) is 37.8 Å². The quantitative estimate of drug-likeness (QED) is 0.802. The Bertz CT molecular complexity index is 840. The molecule has 0 spiro atoms. The van der Waals surface area contributed by atoms with Gasteiger partial charge >= 0.3 is 0 Å². The number of furan rings is 1. The Hall–Kier alpha value is -2.70. The molecule has 0 saturated heterocycles. The van der Waals surface area contributed by atoms with E-state index in [2.05, 4.69) is 9.71 Å². The molecule has 0 radical (unpaired) electrons. The third-order valence-electron chi connectivity index (χ3n) is 3.15. The molecule has 1 N–H and O–H groups in total. The Morgan fingerprint density at radius 1 is 1.42 bits per heavy atom. The molecule has 24 heavy (non-hydrogen) atoms. The van der Waals surface area contributed by atoms with Crippen LogP contribution in [0.1, 0.15) is 22.5 Å². The van der Waals surface area contributed by atoms with Gasteiger partial charge in [-0.05, 0) is 23.8 Å². The monoisotopic (exact) mass is 348 g/mol. The zero-order valence-electron chi connectivity index (χ0n) is 13.0. The maximum absolute atomic E-state index is 12.2. The van der Waals surface area contributed by atoms with Crippen molar-refractivity contribution in [2.45, 2.75) is 18.1 Å². The molecule has 2 aromatic rings. The summed E-state index contributed by atoms with van der Waals surface area (Å²) in [6, 6.07) is 7.88. The van der Waals surface area contributed by atoms with Gasteiger partial charge in [-0.3, -0.25) is 9.78 Å². The molecule has 0 atom stereocenters. The van der Waals surface area contributed by atoms with E-state index in [0.29, 0.717) is 5.56 Å². The Labute approximate surface area is 139 Å². The molecule has 0 unspecified atom stereocenters. The molecule has 0 aliphatic rings. The number of carbonyl (C=O) groups is 1. The predicted octanol–water partition coefficient (Wildman–Crippen LogP) is 1.14. The highest BCUT2D eigenvalue weighted by Gasteiger charge is 2.22. The van der Waals surface area contributed by atoms with Gasteiger partial charge in [0.1, 0.15) is 0 Å². The average Bonchev–Trinajstić information content (AvgIpc) is 3.09. The van der Waals surface area contributed by atoms with E-state index in [1.54, 1.807) is 24.5 Å². The van der Waals surface area contributed by atoms with Gasteiger partial charge in [-0.25, -0.2) is 13.1 Å². The summed E-state index contributed by atoms with van der Waals surface area (Å²) >= 11 is 0. The van der Waals surface area contributed by atoms with E-state index >= 15 is 0 Å². The summed E-state index contributed by atoms with van der Waals surface area (Å²) in [7, 11) is -2.37. The van der Waals surface area contributed by atoms with Crippen molar-refractivity contribution in [1.82, 2.24) is 14.6 Å². The van der Waals surface area contributed by atoms with Crippen molar-refractivity contribution in [3.8, 4) is 6.07 Å². The van der Waals surface area contributed by atoms with Gasteiger partial charge < -0.3 is 9.32 Å². The van der Waals surface area contributed by atoms with Crippen LogP contribution < -0.4 is 4.72 Å². The van der Waals surface area contributed by atoms with Gasteiger partial charge in [-0.15, -0.1) is 0 Å². The van der Waals surface area contributed by atoms with E-state index in [4.69, 9.17) is 9.68 Å². The fourth-order valence-corrected chi connectivity index (χ4v) is 2.78. The van der Waals surface area contributed by atoms with Crippen LogP contribution in [0.25, 0.3) is 0 Å². The lowest BCUT2D eigenvalue weighted by Crippen LogP contribution is -2.27. The first-order valence-corrected chi connectivity index (χ1v) is 8.53. The number of hydrogen-bond donors (Lipinski definition) is 1. The number of carbonyl (C=O) groups excluding carboxylic acids is 1. The van der Waals surface area contributed by atoms with Crippen LogP contribution in [0.4, 0.5) is 0 Å². The van der Waals surface area contributed by atoms with Crippen molar-refractivity contribution in [1.29, 1.82) is 5.26 Å².